The molecule has 0 saturated carbocycles. The van der Waals surface area contributed by atoms with Gasteiger partial charge in [-0.05, 0) is 44.0 Å². The molecular weight excluding hydrogens is 266 g/mol. The van der Waals surface area contributed by atoms with Crippen molar-refractivity contribution in [3.63, 3.8) is 0 Å². The number of carbonyl (C=O) groups is 1. The van der Waals surface area contributed by atoms with Gasteiger partial charge >= 0.3 is 0 Å². The SMILES string of the molecule is COCCN(Cc1ccccn1)C(=O)CC1CCNCC1. The first kappa shape index (κ1) is 15.9. The lowest BCUT2D eigenvalue weighted by molar-refractivity contribution is -0.133. The zero-order valence-corrected chi connectivity index (χ0v) is 12.8. The molecule has 1 aliphatic heterocycles. The molecule has 0 spiro atoms. The van der Waals surface area contributed by atoms with Gasteiger partial charge in [-0.25, -0.2) is 0 Å². The lowest BCUT2D eigenvalue weighted by atomic mass is 9.94. The Morgan fingerprint density at radius 3 is 2.90 bits per heavy atom. The van der Waals surface area contributed by atoms with Gasteiger partial charge in [-0.15, -0.1) is 0 Å². The summed E-state index contributed by atoms with van der Waals surface area (Å²) >= 11 is 0. The second kappa shape index (κ2) is 8.74. The molecule has 1 aromatic rings. The summed E-state index contributed by atoms with van der Waals surface area (Å²) in [5.74, 6) is 0.720. The Kier molecular flexibility index (Phi) is 6.63. The van der Waals surface area contributed by atoms with E-state index in [0.29, 0.717) is 32.0 Å². The van der Waals surface area contributed by atoms with E-state index in [0.717, 1.165) is 31.6 Å². The zero-order chi connectivity index (χ0) is 14.9. The van der Waals surface area contributed by atoms with E-state index in [2.05, 4.69) is 10.3 Å². The third-order valence-electron chi connectivity index (χ3n) is 3.92. The van der Waals surface area contributed by atoms with E-state index < -0.39 is 0 Å². The maximum absolute atomic E-state index is 12.5. The second-order valence-electron chi connectivity index (χ2n) is 5.53. The van der Waals surface area contributed by atoms with Gasteiger partial charge in [0.2, 0.25) is 5.91 Å². The first-order valence-corrected chi connectivity index (χ1v) is 7.67. The lowest BCUT2D eigenvalue weighted by Gasteiger charge is -2.27. The van der Waals surface area contributed by atoms with Crippen LogP contribution < -0.4 is 5.32 Å². The van der Waals surface area contributed by atoms with Crippen molar-refractivity contribution < 1.29 is 9.53 Å². The number of methoxy groups -OCH3 is 1. The van der Waals surface area contributed by atoms with E-state index >= 15 is 0 Å². The van der Waals surface area contributed by atoms with Crippen LogP contribution in [0.1, 0.15) is 25.0 Å². The molecule has 0 bridgehead atoms. The average Bonchev–Trinajstić information content (AvgIpc) is 2.53. The van der Waals surface area contributed by atoms with Crippen LogP contribution in [-0.2, 0) is 16.1 Å². The van der Waals surface area contributed by atoms with Crippen LogP contribution in [0.4, 0.5) is 0 Å². The Bertz CT molecular complexity index is 419. The van der Waals surface area contributed by atoms with E-state index in [9.17, 15) is 4.79 Å². The van der Waals surface area contributed by atoms with E-state index in [4.69, 9.17) is 4.74 Å². The fourth-order valence-electron chi connectivity index (χ4n) is 2.64. The Balaban J connectivity index is 1.92. The molecule has 2 rings (SSSR count). The Morgan fingerprint density at radius 2 is 2.24 bits per heavy atom. The van der Waals surface area contributed by atoms with Gasteiger partial charge in [-0.1, -0.05) is 6.07 Å². The smallest absolute Gasteiger partial charge is 0.223 e. The quantitative estimate of drug-likeness (QED) is 0.826. The van der Waals surface area contributed by atoms with Crippen LogP contribution in [0.15, 0.2) is 24.4 Å². The molecular formula is C16H25N3O2. The second-order valence-corrected chi connectivity index (χ2v) is 5.53. The summed E-state index contributed by atoms with van der Waals surface area (Å²) in [6.07, 6.45) is 4.58. The maximum Gasteiger partial charge on any atom is 0.223 e. The van der Waals surface area contributed by atoms with Gasteiger partial charge in [0.05, 0.1) is 18.8 Å². The van der Waals surface area contributed by atoms with Crippen LogP contribution in [0, 0.1) is 5.92 Å². The van der Waals surface area contributed by atoms with Gasteiger partial charge in [0.15, 0.2) is 0 Å². The van der Waals surface area contributed by atoms with Crippen molar-refractivity contribution in [2.45, 2.75) is 25.8 Å². The molecule has 1 amide bonds. The number of carbonyl (C=O) groups excluding carboxylic acids is 1. The normalized spacial score (nSPS) is 15.9. The number of amides is 1. The van der Waals surface area contributed by atoms with Gasteiger partial charge in [0.25, 0.3) is 0 Å². The number of hydrogen-bond donors (Lipinski definition) is 1. The fraction of sp³-hybridized carbons (Fsp3) is 0.625. The van der Waals surface area contributed by atoms with Gasteiger partial charge < -0.3 is 15.0 Å². The standard InChI is InChI=1S/C16H25N3O2/c1-21-11-10-19(13-15-4-2-3-7-18-15)16(20)12-14-5-8-17-9-6-14/h2-4,7,14,17H,5-6,8-13H2,1H3. The third kappa shape index (κ3) is 5.44. The highest BCUT2D eigenvalue weighted by Gasteiger charge is 2.21. The summed E-state index contributed by atoms with van der Waals surface area (Å²) in [7, 11) is 1.66. The summed E-state index contributed by atoms with van der Waals surface area (Å²) in [5, 5.41) is 3.34. The number of ether oxygens (including phenoxy) is 1. The number of hydrogen-bond acceptors (Lipinski definition) is 4. The van der Waals surface area contributed by atoms with Crippen molar-refractivity contribution in [1.29, 1.82) is 0 Å². The topological polar surface area (TPSA) is 54.5 Å². The van der Waals surface area contributed by atoms with Crippen LogP contribution in [-0.4, -0.2) is 49.1 Å². The summed E-state index contributed by atoms with van der Waals surface area (Å²) in [4.78, 5) is 18.7. The van der Waals surface area contributed by atoms with Crippen molar-refractivity contribution in [3.05, 3.63) is 30.1 Å². The molecule has 0 unspecified atom stereocenters. The molecule has 1 aromatic heterocycles. The molecule has 0 radical (unpaired) electrons. The number of aromatic nitrogens is 1. The van der Waals surface area contributed by atoms with E-state index in [1.54, 1.807) is 13.3 Å². The number of nitrogens with zero attached hydrogens (tertiary/aromatic N) is 2. The molecule has 1 N–H and O–H groups in total. The van der Waals surface area contributed by atoms with Gasteiger partial charge in [0, 0.05) is 26.3 Å². The number of pyridine rings is 1. The molecule has 5 nitrogen and oxygen atoms in total. The van der Waals surface area contributed by atoms with Crippen molar-refractivity contribution in [2.24, 2.45) is 5.92 Å². The number of nitrogens with one attached hydrogen (secondary N) is 1. The molecule has 0 aromatic carbocycles. The van der Waals surface area contributed by atoms with Gasteiger partial charge in [-0.3, -0.25) is 9.78 Å². The highest BCUT2D eigenvalue weighted by atomic mass is 16.5. The molecule has 0 atom stereocenters. The Hall–Kier alpha value is -1.46. The van der Waals surface area contributed by atoms with Crippen molar-refractivity contribution in [3.8, 4) is 0 Å². The average molecular weight is 291 g/mol. The molecule has 116 valence electrons. The van der Waals surface area contributed by atoms with Crippen LogP contribution >= 0.6 is 0 Å². The first-order valence-electron chi connectivity index (χ1n) is 7.67. The highest BCUT2D eigenvalue weighted by molar-refractivity contribution is 5.76. The van der Waals surface area contributed by atoms with Crippen molar-refractivity contribution in [2.75, 3.05) is 33.4 Å². The minimum atomic E-state index is 0.213. The van der Waals surface area contributed by atoms with Gasteiger partial charge in [0.1, 0.15) is 0 Å². The monoisotopic (exact) mass is 291 g/mol. The summed E-state index contributed by atoms with van der Waals surface area (Å²) in [5.41, 5.74) is 0.923. The first-order chi connectivity index (χ1) is 10.3. The van der Waals surface area contributed by atoms with E-state index in [1.165, 1.54) is 0 Å². The van der Waals surface area contributed by atoms with Crippen LogP contribution in [0.3, 0.4) is 0 Å². The molecule has 2 heterocycles. The molecule has 5 heteroatoms. The molecule has 0 aliphatic carbocycles. The van der Waals surface area contributed by atoms with Gasteiger partial charge in [-0.2, -0.15) is 0 Å². The minimum absolute atomic E-state index is 0.213. The molecule has 21 heavy (non-hydrogen) atoms. The molecule has 1 fully saturated rings. The third-order valence-corrected chi connectivity index (χ3v) is 3.92. The highest BCUT2D eigenvalue weighted by Crippen LogP contribution is 2.18. The van der Waals surface area contributed by atoms with Crippen molar-refractivity contribution >= 4 is 5.91 Å². The van der Waals surface area contributed by atoms with E-state index in [-0.39, 0.29) is 5.91 Å². The number of rotatable bonds is 7. The number of piperidine rings is 1. The predicted octanol–water partition coefficient (Wildman–Crippen LogP) is 1.45. The lowest BCUT2D eigenvalue weighted by Crippen LogP contribution is -2.37. The summed E-state index contributed by atoms with van der Waals surface area (Å²) in [6.45, 7) is 3.79. The molecule has 1 aliphatic rings. The largest absolute Gasteiger partial charge is 0.383 e. The van der Waals surface area contributed by atoms with Crippen LogP contribution in [0.2, 0.25) is 0 Å². The Labute approximate surface area is 126 Å². The zero-order valence-electron chi connectivity index (χ0n) is 12.8. The minimum Gasteiger partial charge on any atom is -0.383 e. The molecule has 1 saturated heterocycles. The summed E-state index contributed by atoms with van der Waals surface area (Å²) in [6, 6.07) is 5.80. The Morgan fingerprint density at radius 1 is 1.43 bits per heavy atom. The van der Waals surface area contributed by atoms with Crippen LogP contribution in [0.25, 0.3) is 0 Å². The van der Waals surface area contributed by atoms with E-state index in [1.807, 2.05) is 23.1 Å². The van der Waals surface area contributed by atoms with Crippen molar-refractivity contribution in [1.82, 2.24) is 15.2 Å². The maximum atomic E-state index is 12.5. The summed E-state index contributed by atoms with van der Waals surface area (Å²) < 4.78 is 5.13. The van der Waals surface area contributed by atoms with Crippen LogP contribution in [0.5, 0.6) is 0 Å². The predicted molar refractivity (Wildman–Crippen MR) is 81.7 cm³/mol. The fourth-order valence-corrected chi connectivity index (χ4v) is 2.64.